The molecule has 1 saturated heterocycles. The van der Waals surface area contributed by atoms with Crippen LogP contribution in [0.3, 0.4) is 0 Å². The smallest absolute Gasteiger partial charge is 0.175 e. The second-order valence-electron chi connectivity index (χ2n) is 7.15. The number of nitrogens with one attached hydrogen (secondary N) is 1. The van der Waals surface area contributed by atoms with Crippen LogP contribution in [0.2, 0.25) is 0 Å². The lowest BCUT2D eigenvalue weighted by Crippen LogP contribution is -2.29. The van der Waals surface area contributed by atoms with Crippen LogP contribution in [0.1, 0.15) is 49.1 Å². The Hall–Kier alpha value is -1.72. The summed E-state index contributed by atoms with van der Waals surface area (Å²) in [5, 5.41) is 3.76. The molecule has 4 nitrogen and oxygen atoms in total. The van der Waals surface area contributed by atoms with Gasteiger partial charge in [0.1, 0.15) is 0 Å². The Morgan fingerprint density at radius 3 is 2.74 bits per heavy atom. The first-order valence-electron chi connectivity index (χ1n) is 9.70. The van der Waals surface area contributed by atoms with E-state index in [1.165, 1.54) is 16.7 Å². The van der Waals surface area contributed by atoms with Crippen LogP contribution < -0.4 is 14.8 Å². The lowest BCUT2D eigenvalue weighted by molar-refractivity contribution is 0.0828. The number of fused-ring (bicyclic) bond motifs is 3. The maximum absolute atomic E-state index is 6.15. The van der Waals surface area contributed by atoms with Crippen LogP contribution >= 0.6 is 15.9 Å². The quantitative estimate of drug-likeness (QED) is 0.649. The summed E-state index contributed by atoms with van der Waals surface area (Å²) in [5.74, 6) is 1.96. The van der Waals surface area contributed by atoms with Gasteiger partial charge in [-0.25, -0.2) is 0 Å². The summed E-state index contributed by atoms with van der Waals surface area (Å²) >= 11 is 3.69. The van der Waals surface area contributed by atoms with Crippen LogP contribution in [0.5, 0.6) is 11.5 Å². The van der Waals surface area contributed by atoms with Crippen molar-refractivity contribution in [1.82, 2.24) is 0 Å². The van der Waals surface area contributed by atoms with E-state index in [-0.39, 0.29) is 12.1 Å². The number of anilines is 1. The van der Waals surface area contributed by atoms with E-state index in [9.17, 15) is 0 Å². The van der Waals surface area contributed by atoms with Gasteiger partial charge >= 0.3 is 0 Å². The summed E-state index contributed by atoms with van der Waals surface area (Å²) < 4.78 is 18.8. The molecule has 5 heteroatoms. The molecule has 1 N–H and O–H groups in total. The summed E-state index contributed by atoms with van der Waals surface area (Å²) in [6.07, 6.45) is 1.19. The van der Waals surface area contributed by atoms with Crippen LogP contribution in [-0.4, -0.2) is 19.8 Å². The summed E-state index contributed by atoms with van der Waals surface area (Å²) in [7, 11) is 0. The molecule has 1 fully saturated rings. The molecule has 0 radical (unpaired) electrons. The molecule has 27 heavy (non-hydrogen) atoms. The van der Waals surface area contributed by atoms with Gasteiger partial charge in [0.25, 0.3) is 0 Å². The highest BCUT2D eigenvalue weighted by molar-refractivity contribution is 9.10. The van der Waals surface area contributed by atoms with Gasteiger partial charge in [-0.1, -0.05) is 17.7 Å². The standard InChI is InChI=1S/C22H26BrNO3/c1-4-25-19-12-14(11-17(23)22(19)26-5-2)20-15-8-9-27-21(15)16-10-13(3)6-7-18(16)24-20/h6-7,10-12,15,20-21,24H,4-5,8-9H2,1-3H3. The fraction of sp³-hybridized carbons (Fsp3) is 0.455. The third kappa shape index (κ3) is 3.43. The van der Waals surface area contributed by atoms with E-state index in [0.29, 0.717) is 19.1 Å². The SMILES string of the molecule is CCOc1cc(C2Nc3ccc(C)cc3C3OCCC23)cc(Br)c1OCC. The van der Waals surface area contributed by atoms with E-state index < -0.39 is 0 Å². The number of aryl methyl sites for hydroxylation is 1. The second kappa shape index (κ2) is 7.72. The van der Waals surface area contributed by atoms with E-state index in [1.807, 2.05) is 13.8 Å². The summed E-state index contributed by atoms with van der Waals surface area (Å²) in [4.78, 5) is 0. The zero-order valence-electron chi connectivity index (χ0n) is 16.0. The molecule has 3 unspecified atom stereocenters. The largest absolute Gasteiger partial charge is 0.490 e. The van der Waals surface area contributed by atoms with Gasteiger partial charge in [0.05, 0.1) is 29.8 Å². The second-order valence-corrected chi connectivity index (χ2v) is 8.01. The number of benzene rings is 2. The molecular weight excluding hydrogens is 406 g/mol. The molecule has 0 amide bonds. The van der Waals surface area contributed by atoms with Crippen LogP contribution in [0.4, 0.5) is 5.69 Å². The average Bonchev–Trinajstić information content (AvgIpc) is 3.14. The molecule has 0 saturated carbocycles. The van der Waals surface area contributed by atoms with Gasteiger partial charge in [-0.3, -0.25) is 0 Å². The molecule has 4 rings (SSSR count). The number of ether oxygens (including phenoxy) is 3. The van der Waals surface area contributed by atoms with Crippen molar-refractivity contribution < 1.29 is 14.2 Å². The number of hydrogen-bond acceptors (Lipinski definition) is 4. The molecule has 3 atom stereocenters. The van der Waals surface area contributed by atoms with Gasteiger partial charge in [-0.05, 0) is 66.9 Å². The molecule has 2 aliphatic rings. The topological polar surface area (TPSA) is 39.7 Å². The maximum atomic E-state index is 6.15. The van der Waals surface area contributed by atoms with Crippen molar-refractivity contribution in [3.8, 4) is 11.5 Å². The predicted octanol–water partition coefficient (Wildman–Crippen LogP) is 5.80. The van der Waals surface area contributed by atoms with Crippen molar-refractivity contribution in [3.05, 3.63) is 51.5 Å². The minimum Gasteiger partial charge on any atom is -0.490 e. The molecule has 2 aromatic rings. The molecule has 0 aliphatic carbocycles. The highest BCUT2D eigenvalue weighted by Gasteiger charge is 2.41. The number of halogens is 1. The van der Waals surface area contributed by atoms with E-state index in [1.54, 1.807) is 0 Å². The van der Waals surface area contributed by atoms with Gasteiger partial charge in [0.2, 0.25) is 0 Å². The molecule has 0 spiro atoms. The molecule has 0 bridgehead atoms. The van der Waals surface area contributed by atoms with Gasteiger partial charge in [0.15, 0.2) is 11.5 Å². The van der Waals surface area contributed by atoms with Crippen molar-refractivity contribution >= 4 is 21.6 Å². The Balaban J connectivity index is 1.75. The van der Waals surface area contributed by atoms with Crippen LogP contribution in [0.25, 0.3) is 0 Å². The highest BCUT2D eigenvalue weighted by atomic mass is 79.9. The van der Waals surface area contributed by atoms with E-state index in [4.69, 9.17) is 14.2 Å². The molecule has 2 aromatic carbocycles. The predicted molar refractivity (Wildman–Crippen MR) is 111 cm³/mol. The third-order valence-electron chi connectivity index (χ3n) is 5.37. The minimum atomic E-state index is 0.145. The van der Waals surface area contributed by atoms with Crippen molar-refractivity contribution in [2.45, 2.75) is 39.3 Å². The van der Waals surface area contributed by atoms with E-state index >= 15 is 0 Å². The summed E-state index contributed by atoms with van der Waals surface area (Å²) in [5.41, 5.74) is 4.91. The Bertz CT molecular complexity index is 839. The highest BCUT2D eigenvalue weighted by Crippen LogP contribution is 2.51. The van der Waals surface area contributed by atoms with Gasteiger partial charge in [-0.2, -0.15) is 0 Å². The Kier molecular flexibility index (Phi) is 5.33. The molecule has 2 heterocycles. The molecule has 2 aliphatic heterocycles. The Morgan fingerprint density at radius 2 is 1.96 bits per heavy atom. The first-order valence-corrected chi connectivity index (χ1v) is 10.5. The Morgan fingerprint density at radius 1 is 1.15 bits per heavy atom. The molecule has 0 aromatic heterocycles. The first kappa shape index (κ1) is 18.6. The fourth-order valence-electron chi connectivity index (χ4n) is 4.24. The summed E-state index contributed by atoms with van der Waals surface area (Å²) in [6, 6.07) is 11.0. The van der Waals surface area contributed by atoms with Crippen LogP contribution in [0.15, 0.2) is 34.8 Å². The van der Waals surface area contributed by atoms with Gasteiger partial charge in [-0.15, -0.1) is 0 Å². The summed E-state index contributed by atoms with van der Waals surface area (Å²) in [6.45, 7) is 8.12. The normalized spacial score (nSPS) is 23.3. The van der Waals surface area contributed by atoms with Crippen molar-refractivity contribution in [1.29, 1.82) is 0 Å². The number of hydrogen-bond donors (Lipinski definition) is 1. The van der Waals surface area contributed by atoms with E-state index in [0.717, 1.165) is 34.7 Å². The lowest BCUT2D eigenvalue weighted by Gasteiger charge is -2.37. The average molecular weight is 432 g/mol. The van der Waals surface area contributed by atoms with Crippen molar-refractivity contribution in [2.75, 3.05) is 25.1 Å². The Labute approximate surface area is 169 Å². The number of rotatable bonds is 5. The molecule has 144 valence electrons. The third-order valence-corrected chi connectivity index (χ3v) is 5.96. The van der Waals surface area contributed by atoms with Gasteiger partial charge < -0.3 is 19.5 Å². The van der Waals surface area contributed by atoms with Crippen LogP contribution in [-0.2, 0) is 4.74 Å². The van der Waals surface area contributed by atoms with Crippen LogP contribution in [0, 0.1) is 12.8 Å². The monoisotopic (exact) mass is 431 g/mol. The minimum absolute atomic E-state index is 0.145. The van der Waals surface area contributed by atoms with Crippen molar-refractivity contribution in [3.63, 3.8) is 0 Å². The fourth-order valence-corrected chi connectivity index (χ4v) is 4.81. The zero-order valence-corrected chi connectivity index (χ0v) is 17.6. The first-order chi connectivity index (χ1) is 13.1. The lowest BCUT2D eigenvalue weighted by atomic mass is 9.80. The zero-order chi connectivity index (χ0) is 19.0. The van der Waals surface area contributed by atoms with E-state index in [2.05, 4.69) is 58.5 Å². The maximum Gasteiger partial charge on any atom is 0.175 e. The molecular formula is C22H26BrNO3. The van der Waals surface area contributed by atoms with Gasteiger partial charge in [0, 0.05) is 23.8 Å². The van der Waals surface area contributed by atoms with Crippen molar-refractivity contribution in [2.24, 2.45) is 5.92 Å².